The minimum atomic E-state index is -0.0269. The Bertz CT molecular complexity index is 845. The van der Waals surface area contributed by atoms with Crippen LogP contribution in [0.15, 0.2) is 54.6 Å². The van der Waals surface area contributed by atoms with Gasteiger partial charge in [-0.15, -0.1) is 0 Å². The Morgan fingerprint density at radius 1 is 0.926 bits per heavy atom. The van der Waals surface area contributed by atoms with Gasteiger partial charge in [0.1, 0.15) is 7.05 Å². The molecule has 4 nitrogen and oxygen atoms in total. The molecule has 4 heteroatoms. The van der Waals surface area contributed by atoms with Gasteiger partial charge in [-0.2, -0.15) is 4.58 Å². The second kappa shape index (κ2) is 8.07. The van der Waals surface area contributed by atoms with E-state index >= 15 is 0 Å². The molecule has 142 valence electrons. The zero-order valence-corrected chi connectivity index (χ0v) is 16.4. The molecule has 0 aliphatic carbocycles. The first-order chi connectivity index (χ1) is 13.0. The van der Waals surface area contributed by atoms with Gasteiger partial charge in [-0.3, -0.25) is 0 Å². The quantitative estimate of drug-likeness (QED) is 0.741. The summed E-state index contributed by atoms with van der Waals surface area (Å²) in [6, 6.07) is 16.8. The van der Waals surface area contributed by atoms with Crippen molar-refractivity contribution >= 4 is 23.2 Å². The zero-order chi connectivity index (χ0) is 19.4. The molecule has 0 atom stereocenters. The fraction of sp³-hybridized carbons (Fsp3) is 0.348. The lowest BCUT2D eigenvalue weighted by atomic mass is 9.81. The van der Waals surface area contributed by atoms with Gasteiger partial charge >= 0.3 is 0 Å². The second-order valence-electron chi connectivity index (χ2n) is 7.45. The number of para-hydroxylation sites is 1. The molecule has 3 rings (SSSR count). The third-order valence-electron chi connectivity index (χ3n) is 5.37. The third kappa shape index (κ3) is 3.82. The molecule has 0 amide bonds. The number of hydrogen-bond acceptors (Lipinski definition) is 3. The Kier molecular flexibility index (Phi) is 5.78. The highest BCUT2D eigenvalue weighted by Gasteiger charge is 2.42. The number of fused-ring (bicyclic) bond motifs is 1. The number of aliphatic hydroxyl groups is 2. The SMILES string of the molecule is C[N+]1=C(C=Cc2ccc(N(CCO)CCO)cc2)C(C)(C)c2ccccc21. The van der Waals surface area contributed by atoms with Crippen LogP contribution in [0, 0.1) is 0 Å². The summed E-state index contributed by atoms with van der Waals surface area (Å²) in [6.45, 7) is 5.71. The molecule has 0 bridgehead atoms. The molecule has 2 N–H and O–H groups in total. The van der Waals surface area contributed by atoms with Crippen LogP contribution in [0.3, 0.4) is 0 Å². The molecule has 0 fully saturated rings. The van der Waals surface area contributed by atoms with Crippen molar-refractivity contribution in [3.05, 3.63) is 65.7 Å². The highest BCUT2D eigenvalue weighted by Crippen LogP contribution is 2.39. The normalized spacial score (nSPS) is 15.4. The molecular formula is C23H29N2O2+. The van der Waals surface area contributed by atoms with Crippen molar-refractivity contribution in [1.29, 1.82) is 0 Å². The summed E-state index contributed by atoms with van der Waals surface area (Å²) in [7, 11) is 2.12. The maximum atomic E-state index is 9.19. The third-order valence-corrected chi connectivity index (χ3v) is 5.37. The predicted octanol–water partition coefficient (Wildman–Crippen LogP) is 3.20. The number of allylic oxidation sites excluding steroid dienone is 1. The van der Waals surface area contributed by atoms with Crippen molar-refractivity contribution in [2.75, 3.05) is 38.3 Å². The van der Waals surface area contributed by atoms with Crippen LogP contribution in [0.2, 0.25) is 0 Å². The maximum absolute atomic E-state index is 9.19. The summed E-state index contributed by atoms with van der Waals surface area (Å²) in [5.74, 6) is 0. The van der Waals surface area contributed by atoms with Gasteiger partial charge in [0, 0.05) is 36.5 Å². The van der Waals surface area contributed by atoms with Crippen LogP contribution in [0.4, 0.5) is 11.4 Å². The van der Waals surface area contributed by atoms with Gasteiger partial charge in [-0.25, -0.2) is 0 Å². The van der Waals surface area contributed by atoms with Crippen molar-refractivity contribution in [1.82, 2.24) is 0 Å². The number of benzene rings is 2. The standard InChI is InChI=1S/C23H29N2O2/c1-23(2)20-6-4-5-7-21(20)24(3)22(23)13-10-18-8-11-19(12-9-18)25(14-16-26)15-17-27/h4-13,26-27H,14-17H2,1-3H3/q+1. The van der Waals surface area contributed by atoms with Gasteiger partial charge in [0.15, 0.2) is 5.71 Å². The first-order valence-electron chi connectivity index (χ1n) is 9.44. The van der Waals surface area contributed by atoms with Crippen molar-refractivity contribution in [2.24, 2.45) is 0 Å². The molecule has 0 spiro atoms. The largest absolute Gasteiger partial charge is 0.395 e. The minimum absolute atomic E-state index is 0.0269. The van der Waals surface area contributed by atoms with Gasteiger partial charge in [0.25, 0.3) is 0 Å². The topological polar surface area (TPSA) is 46.7 Å². The Morgan fingerprint density at radius 3 is 2.15 bits per heavy atom. The maximum Gasteiger partial charge on any atom is 0.209 e. The van der Waals surface area contributed by atoms with Crippen LogP contribution in [0.5, 0.6) is 0 Å². The molecule has 1 aliphatic heterocycles. The van der Waals surface area contributed by atoms with Crippen molar-refractivity contribution in [2.45, 2.75) is 19.3 Å². The lowest BCUT2D eigenvalue weighted by Crippen LogP contribution is -2.29. The Hall–Kier alpha value is -2.43. The highest BCUT2D eigenvalue weighted by atomic mass is 16.3. The second-order valence-corrected chi connectivity index (χ2v) is 7.45. The highest BCUT2D eigenvalue weighted by molar-refractivity contribution is 6.05. The first-order valence-corrected chi connectivity index (χ1v) is 9.44. The molecule has 0 saturated heterocycles. The van der Waals surface area contributed by atoms with Crippen LogP contribution in [0.1, 0.15) is 25.0 Å². The van der Waals surface area contributed by atoms with E-state index in [2.05, 4.69) is 74.0 Å². The Morgan fingerprint density at radius 2 is 1.56 bits per heavy atom. The van der Waals surface area contributed by atoms with Crippen molar-refractivity contribution in [3.63, 3.8) is 0 Å². The van der Waals surface area contributed by atoms with E-state index in [1.807, 2.05) is 17.0 Å². The van der Waals surface area contributed by atoms with E-state index < -0.39 is 0 Å². The van der Waals surface area contributed by atoms with Gasteiger partial charge in [0.05, 0.1) is 18.6 Å². The molecule has 27 heavy (non-hydrogen) atoms. The summed E-state index contributed by atoms with van der Waals surface area (Å²) in [4.78, 5) is 1.98. The fourth-order valence-electron chi connectivity index (χ4n) is 3.88. The van der Waals surface area contributed by atoms with E-state index in [1.54, 1.807) is 0 Å². The molecule has 0 aromatic heterocycles. The molecule has 1 heterocycles. The van der Waals surface area contributed by atoms with Crippen LogP contribution in [-0.4, -0.2) is 53.9 Å². The van der Waals surface area contributed by atoms with Gasteiger partial charge in [0.2, 0.25) is 5.69 Å². The number of nitrogens with zero attached hydrogens (tertiary/aromatic N) is 2. The molecule has 2 aromatic carbocycles. The van der Waals surface area contributed by atoms with E-state index in [-0.39, 0.29) is 18.6 Å². The average Bonchev–Trinajstić information content (AvgIpc) is 2.87. The Balaban J connectivity index is 1.82. The average molecular weight is 365 g/mol. The van der Waals surface area contributed by atoms with E-state index in [1.165, 1.54) is 17.0 Å². The zero-order valence-electron chi connectivity index (χ0n) is 16.4. The van der Waals surface area contributed by atoms with Gasteiger partial charge < -0.3 is 15.1 Å². The summed E-state index contributed by atoms with van der Waals surface area (Å²) in [5.41, 5.74) is 6.00. The lowest BCUT2D eigenvalue weighted by molar-refractivity contribution is -0.401. The summed E-state index contributed by atoms with van der Waals surface area (Å²) < 4.78 is 2.27. The fourth-order valence-corrected chi connectivity index (χ4v) is 3.88. The number of anilines is 1. The van der Waals surface area contributed by atoms with E-state index in [4.69, 9.17) is 0 Å². The summed E-state index contributed by atoms with van der Waals surface area (Å²) in [6.07, 6.45) is 4.35. The number of aliphatic hydroxyl groups excluding tert-OH is 2. The Labute approximate surface area is 161 Å². The smallest absolute Gasteiger partial charge is 0.209 e. The van der Waals surface area contributed by atoms with Crippen LogP contribution < -0.4 is 4.90 Å². The molecular weight excluding hydrogens is 336 g/mol. The van der Waals surface area contributed by atoms with Crippen molar-refractivity contribution in [3.8, 4) is 0 Å². The molecule has 1 aliphatic rings. The van der Waals surface area contributed by atoms with E-state index in [0.29, 0.717) is 13.1 Å². The van der Waals surface area contributed by atoms with Crippen LogP contribution >= 0.6 is 0 Å². The van der Waals surface area contributed by atoms with Crippen LogP contribution in [0.25, 0.3) is 6.08 Å². The number of hydrogen-bond donors (Lipinski definition) is 2. The molecule has 0 unspecified atom stereocenters. The van der Waals surface area contributed by atoms with E-state index in [0.717, 1.165) is 11.3 Å². The van der Waals surface area contributed by atoms with E-state index in [9.17, 15) is 10.2 Å². The van der Waals surface area contributed by atoms with Gasteiger partial charge in [-0.1, -0.05) is 30.3 Å². The summed E-state index contributed by atoms with van der Waals surface area (Å²) in [5, 5.41) is 18.4. The number of rotatable bonds is 7. The molecule has 0 saturated carbocycles. The first kappa shape index (κ1) is 19.3. The van der Waals surface area contributed by atoms with Crippen molar-refractivity contribution < 1.29 is 14.8 Å². The van der Waals surface area contributed by atoms with Crippen LogP contribution in [-0.2, 0) is 5.41 Å². The minimum Gasteiger partial charge on any atom is -0.395 e. The monoisotopic (exact) mass is 365 g/mol. The molecule has 0 radical (unpaired) electrons. The predicted molar refractivity (Wildman–Crippen MR) is 112 cm³/mol. The van der Waals surface area contributed by atoms with Gasteiger partial charge in [-0.05, 0) is 37.6 Å². The lowest BCUT2D eigenvalue weighted by Gasteiger charge is -2.22. The summed E-state index contributed by atoms with van der Waals surface area (Å²) >= 11 is 0. The molecule has 2 aromatic rings.